The van der Waals surface area contributed by atoms with E-state index in [1.54, 1.807) is 14.2 Å². The highest BCUT2D eigenvalue weighted by molar-refractivity contribution is 5.31. The highest BCUT2D eigenvalue weighted by Crippen LogP contribution is 2.23. The molecule has 1 N–H and O–H groups in total. The molecule has 0 aliphatic carbocycles. The van der Waals surface area contributed by atoms with Gasteiger partial charge in [-0.15, -0.1) is 0 Å². The van der Waals surface area contributed by atoms with Crippen LogP contribution in [0.3, 0.4) is 0 Å². The Labute approximate surface area is 126 Å². The second-order valence-electron chi connectivity index (χ2n) is 5.16. The first-order chi connectivity index (χ1) is 10.1. The average Bonchev–Trinajstić information content (AvgIpc) is 2.54. The summed E-state index contributed by atoms with van der Waals surface area (Å²) in [6.07, 6.45) is 0. The number of methoxy groups -OCH3 is 2. The van der Waals surface area contributed by atoms with Crippen LogP contribution in [0.2, 0.25) is 0 Å². The van der Waals surface area contributed by atoms with Crippen LogP contribution in [0.1, 0.15) is 37.1 Å². The maximum atomic E-state index is 5.28. The molecule has 2 aromatic carbocycles. The molecule has 2 aromatic rings. The number of benzene rings is 2. The van der Waals surface area contributed by atoms with Gasteiger partial charge < -0.3 is 14.8 Å². The minimum Gasteiger partial charge on any atom is -0.497 e. The molecule has 2 atom stereocenters. The Bertz CT molecular complexity index is 566. The van der Waals surface area contributed by atoms with Gasteiger partial charge in [0.2, 0.25) is 0 Å². The van der Waals surface area contributed by atoms with Crippen molar-refractivity contribution in [3.8, 4) is 11.5 Å². The van der Waals surface area contributed by atoms with Crippen molar-refractivity contribution in [3.63, 3.8) is 0 Å². The van der Waals surface area contributed by atoms with Crippen molar-refractivity contribution in [1.29, 1.82) is 0 Å². The molecular weight excluding hydrogens is 262 g/mol. The molecule has 0 bridgehead atoms. The molecule has 0 saturated heterocycles. The lowest BCUT2D eigenvalue weighted by Gasteiger charge is -2.21. The van der Waals surface area contributed by atoms with Gasteiger partial charge in [0.05, 0.1) is 14.2 Å². The van der Waals surface area contributed by atoms with E-state index < -0.39 is 0 Å². The molecule has 0 saturated carbocycles. The van der Waals surface area contributed by atoms with Crippen LogP contribution in [0.15, 0.2) is 48.5 Å². The maximum Gasteiger partial charge on any atom is 0.119 e. The SMILES string of the molecule is COc1ccc(C(C)N[C@@H](C)c2cccc(OC)c2)cc1. The molecule has 0 heterocycles. The summed E-state index contributed by atoms with van der Waals surface area (Å²) >= 11 is 0. The highest BCUT2D eigenvalue weighted by atomic mass is 16.5. The largest absolute Gasteiger partial charge is 0.497 e. The van der Waals surface area contributed by atoms with Crippen LogP contribution in [0.4, 0.5) is 0 Å². The fourth-order valence-electron chi connectivity index (χ4n) is 2.37. The first-order valence-electron chi connectivity index (χ1n) is 7.18. The molecular formula is C18H23NO2. The zero-order valence-corrected chi connectivity index (χ0v) is 13.1. The molecule has 0 aliphatic rings. The van der Waals surface area contributed by atoms with E-state index in [4.69, 9.17) is 9.47 Å². The Kier molecular flexibility index (Phi) is 5.23. The number of hydrogen-bond acceptors (Lipinski definition) is 3. The highest BCUT2D eigenvalue weighted by Gasteiger charge is 2.11. The Balaban J connectivity index is 2.04. The molecule has 0 spiro atoms. The smallest absolute Gasteiger partial charge is 0.119 e. The van der Waals surface area contributed by atoms with Crippen molar-refractivity contribution >= 4 is 0 Å². The fourth-order valence-corrected chi connectivity index (χ4v) is 2.37. The molecule has 112 valence electrons. The summed E-state index contributed by atoms with van der Waals surface area (Å²) in [5.74, 6) is 1.77. The number of ether oxygens (including phenoxy) is 2. The van der Waals surface area contributed by atoms with E-state index in [-0.39, 0.29) is 12.1 Å². The summed E-state index contributed by atoms with van der Waals surface area (Å²) in [6.45, 7) is 4.33. The van der Waals surface area contributed by atoms with Crippen molar-refractivity contribution in [3.05, 3.63) is 59.7 Å². The first-order valence-corrected chi connectivity index (χ1v) is 7.18. The van der Waals surface area contributed by atoms with E-state index in [2.05, 4.69) is 43.4 Å². The third-order valence-corrected chi connectivity index (χ3v) is 3.71. The molecule has 0 aliphatic heterocycles. The van der Waals surface area contributed by atoms with Gasteiger partial charge in [0, 0.05) is 12.1 Å². The predicted molar refractivity (Wildman–Crippen MR) is 86.0 cm³/mol. The van der Waals surface area contributed by atoms with Gasteiger partial charge in [-0.25, -0.2) is 0 Å². The molecule has 0 amide bonds. The summed E-state index contributed by atoms with van der Waals surface area (Å²) < 4.78 is 10.5. The lowest BCUT2D eigenvalue weighted by molar-refractivity contribution is 0.412. The maximum absolute atomic E-state index is 5.28. The first kappa shape index (κ1) is 15.4. The fraction of sp³-hybridized carbons (Fsp3) is 0.333. The zero-order valence-electron chi connectivity index (χ0n) is 13.1. The Morgan fingerprint density at radius 1 is 0.762 bits per heavy atom. The van der Waals surface area contributed by atoms with E-state index in [0.29, 0.717) is 0 Å². The van der Waals surface area contributed by atoms with E-state index >= 15 is 0 Å². The van der Waals surface area contributed by atoms with Crippen LogP contribution < -0.4 is 14.8 Å². The molecule has 3 heteroatoms. The van der Waals surface area contributed by atoms with Crippen LogP contribution >= 0.6 is 0 Å². The van der Waals surface area contributed by atoms with Gasteiger partial charge in [0.25, 0.3) is 0 Å². The minimum absolute atomic E-state index is 0.247. The number of nitrogens with one attached hydrogen (secondary N) is 1. The topological polar surface area (TPSA) is 30.5 Å². The second kappa shape index (κ2) is 7.14. The minimum atomic E-state index is 0.247. The molecule has 2 rings (SSSR count). The number of hydrogen-bond donors (Lipinski definition) is 1. The Hall–Kier alpha value is -2.00. The van der Waals surface area contributed by atoms with Gasteiger partial charge in [-0.3, -0.25) is 0 Å². The van der Waals surface area contributed by atoms with Gasteiger partial charge in [0.1, 0.15) is 11.5 Å². The van der Waals surface area contributed by atoms with E-state index in [1.165, 1.54) is 11.1 Å². The molecule has 3 nitrogen and oxygen atoms in total. The third-order valence-electron chi connectivity index (χ3n) is 3.71. The van der Waals surface area contributed by atoms with E-state index in [9.17, 15) is 0 Å². The predicted octanol–water partition coefficient (Wildman–Crippen LogP) is 4.12. The van der Waals surface area contributed by atoms with Crippen LogP contribution in [0.25, 0.3) is 0 Å². The van der Waals surface area contributed by atoms with Crippen LogP contribution in [-0.2, 0) is 0 Å². The van der Waals surface area contributed by atoms with Gasteiger partial charge in [-0.2, -0.15) is 0 Å². The molecule has 21 heavy (non-hydrogen) atoms. The summed E-state index contributed by atoms with van der Waals surface area (Å²) in [5, 5.41) is 3.60. The Morgan fingerprint density at radius 2 is 1.38 bits per heavy atom. The summed E-state index contributed by atoms with van der Waals surface area (Å²) in [7, 11) is 3.37. The van der Waals surface area contributed by atoms with Crippen LogP contribution in [0, 0.1) is 0 Å². The summed E-state index contributed by atoms with van der Waals surface area (Å²) in [5.41, 5.74) is 2.46. The number of rotatable bonds is 6. The molecule has 0 aromatic heterocycles. The lowest BCUT2D eigenvalue weighted by Crippen LogP contribution is -2.22. The van der Waals surface area contributed by atoms with Crippen LogP contribution in [-0.4, -0.2) is 14.2 Å². The van der Waals surface area contributed by atoms with Crippen molar-refractivity contribution in [2.45, 2.75) is 25.9 Å². The van der Waals surface area contributed by atoms with Crippen molar-refractivity contribution < 1.29 is 9.47 Å². The van der Waals surface area contributed by atoms with E-state index in [0.717, 1.165) is 11.5 Å². The average molecular weight is 285 g/mol. The molecule has 1 unspecified atom stereocenters. The summed E-state index contributed by atoms with van der Waals surface area (Å²) in [4.78, 5) is 0. The molecule has 0 radical (unpaired) electrons. The lowest BCUT2D eigenvalue weighted by atomic mass is 10.0. The summed E-state index contributed by atoms with van der Waals surface area (Å²) in [6, 6.07) is 16.8. The standard InChI is InChI=1S/C18H23NO2/c1-13(15-8-10-17(20-3)11-9-15)19-14(2)16-6-5-7-18(12-16)21-4/h5-14,19H,1-4H3/t13?,14-/m0/s1. The zero-order chi connectivity index (χ0) is 15.2. The van der Waals surface area contributed by atoms with Crippen molar-refractivity contribution in [2.24, 2.45) is 0 Å². The van der Waals surface area contributed by atoms with Gasteiger partial charge in [-0.1, -0.05) is 24.3 Å². The Morgan fingerprint density at radius 3 is 2.00 bits per heavy atom. The van der Waals surface area contributed by atoms with Gasteiger partial charge in [0.15, 0.2) is 0 Å². The normalized spacial score (nSPS) is 13.5. The van der Waals surface area contributed by atoms with Crippen molar-refractivity contribution in [1.82, 2.24) is 5.32 Å². The quantitative estimate of drug-likeness (QED) is 0.866. The monoisotopic (exact) mass is 285 g/mol. The van der Waals surface area contributed by atoms with E-state index in [1.807, 2.05) is 24.3 Å². The van der Waals surface area contributed by atoms with Gasteiger partial charge >= 0.3 is 0 Å². The van der Waals surface area contributed by atoms with Crippen LogP contribution in [0.5, 0.6) is 11.5 Å². The van der Waals surface area contributed by atoms with Crippen molar-refractivity contribution in [2.75, 3.05) is 14.2 Å². The second-order valence-corrected chi connectivity index (χ2v) is 5.16. The molecule has 0 fully saturated rings. The third kappa shape index (κ3) is 3.99. The van der Waals surface area contributed by atoms with Gasteiger partial charge in [-0.05, 0) is 49.2 Å².